The monoisotopic (exact) mass is 446 g/mol. The molecule has 1 unspecified atom stereocenters. The molecular weight excluding hydrogens is 436 g/mol. The largest absolute Gasteiger partial charge is 0.496 e. The third-order valence-electron chi connectivity index (χ3n) is 2.93. The van der Waals surface area contributed by atoms with Crippen molar-refractivity contribution in [3.05, 3.63) is 62.0 Å². The molecule has 4 heteroatoms. The Kier molecular flexibility index (Phi) is 5.09. The molecule has 1 atom stereocenters. The molecule has 2 aromatic carbocycles. The number of hydrogen-bond donors (Lipinski definition) is 0. The molecule has 0 aliphatic carbocycles. The Balaban J connectivity index is 2.49. The number of alkyl halides is 1. The molecular formula is C15H13Br3O. The van der Waals surface area contributed by atoms with E-state index in [4.69, 9.17) is 4.74 Å². The molecule has 1 nitrogen and oxygen atoms in total. The second-order valence-corrected chi connectivity index (χ2v) is 6.95. The fourth-order valence-corrected chi connectivity index (χ4v) is 3.31. The van der Waals surface area contributed by atoms with Crippen LogP contribution in [-0.4, -0.2) is 7.11 Å². The summed E-state index contributed by atoms with van der Waals surface area (Å²) in [6.45, 7) is 2.05. The molecule has 0 spiro atoms. The van der Waals surface area contributed by atoms with Crippen LogP contribution >= 0.6 is 47.8 Å². The molecule has 0 aliphatic rings. The zero-order valence-corrected chi connectivity index (χ0v) is 15.3. The van der Waals surface area contributed by atoms with E-state index < -0.39 is 0 Å². The van der Waals surface area contributed by atoms with E-state index >= 15 is 0 Å². The number of rotatable bonds is 3. The van der Waals surface area contributed by atoms with Crippen LogP contribution in [0.1, 0.15) is 21.5 Å². The van der Waals surface area contributed by atoms with Gasteiger partial charge in [-0.25, -0.2) is 0 Å². The van der Waals surface area contributed by atoms with Gasteiger partial charge >= 0.3 is 0 Å². The van der Waals surface area contributed by atoms with Gasteiger partial charge in [-0.15, -0.1) is 0 Å². The third-order valence-corrected chi connectivity index (χ3v) is 5.29. The van der Waals surface area contributed by atoms with Gasteiger partial charge in [0.2, 0.25) is 0 Å². The number of halogens is 3. The Hall–Kier alpha value is -0.320. The number of benzene rings is 2. The minimum atomic E-state index is 0.0943. The molecule has 0 fully saturated rings. The molecule has 0 aliphatic heterocycles. The van der Waals surface area contributed by atoms with Crippen LogP contribution in [0.15, 0.2) is 45.3 Å². The van der Waals surface area contributed by atoms with E-state index in [0.717, 1.165) is 25.8 Å². The van der Waals surface area contributed by atoms with Gasteiger partial charge in [0, 0.05) is 14.5 Å². The highest BCUT2D eigenvalue weighted by Gasteiger charge is 2.17. The predicted molar refractivity (Wildman–Crippen MR) is 90.3 cm³/mol. The van der Waals surface area contributed by atoms with Crippen molar-refractivity contribution in [2.45, 2.75) is 11.8 Å². The first-order chi connectivity index (χ1) is 9.02. The van der Waals surface area contributed by atoms with Gasteiger partial charge < -0.3 is 4.74 Å². The first-order valence-electron chi connectivity index (χ1n) is 5.76. The predicted octanol–water partition coefficient (Wildman–Crippen LogP) is 6.01. The van der Waals surface area contributed by atoms with Crippen LogP contribution in [0.3, 0.4) is 0 Å². The smallest absolute Gasteiger partial charge is 0.123 e. The van der Waals surface area contributed by atoms with E-state index in [2.05, 4.69) is 72.9 Å². The average Bonchev–Trinajstić information content (AvgIpc) is 2.40. The van der Waals surface area contributed by atoms with Crippen LogP contribution in [0.4, 0.5) is 0 Å². The van der Waals surface area contributed by atoms with Crippen LogP contribution in [0.5, 0.6) is 5.75 Å². The highest BCUT2D eigenvalue weighted by molar-refractivity contribution is 9.11. The second-order valence-electron chi connectivity index (χ2n) is 4.26. The van der Waals surface area contributed by atoms with Gasteiger partial charge in [-0.2, -0.15) is 0 Å². The van der Waals surface area contributed by atoms with Gasteiger partial charge in [0.05, 0.1) is 11.9 Å². The summed E-state index contributed by atoms with van der Waals surface area (Å²) in [5.74, 6) is 0.891. The molecule has 0 saturated carbocycles. The molecule has 0 radical (unpaired) electrons. The maximum atomic E-state index is 5.49. The van der Waals surface area contributed by atoms with E-state index in [1.165, 1.54) is 5.56 Å². The maximum Gasteiger partial charge on any atom is 0.123 e. The lowest BCUT2D eigenvalue weighted by Gasteiger charge is -2.16. The van der Waals surface area contributed by atoms with Crippen molar-refractivity contribution in [3.63, 3.8) is 0 Å². The number of hydrogen-bond acceptors (Lipinski definition) is 1. The van der Waals surface area contributed by atoms with Crippen LogP contribution in [0, 0.1) is 6.92 Å². The summed E-state index contributed by atoms with van der Waals surface area (Å²) in [6.07, 6.45) is 0. The molecule has 19 heavy (non-hydrogen) atoms. The summed E-state index contributed by atoms with van der Waals surface area (Å²) >= 11 is 10.8. The minimum absolute atomic E-state index is 0.0943. The molecule has 0 aromatic heterocycles. The topological polar surface area (TPSA) is 9.23 Å². The number of methoxy groups -OCH3 is 1. The van der Waals surface area contributed by atoms with E-state index in [1.54, 1.807) is 7.11 Å². The lowest BCUT2D eigenvalue weighted by molar-refractivity contribution is 0.410. The lowest BCUT2D eigenvalue weighted by Crippen LogP contribution is -1.98. The van der Waals surface area contributed by atoms with Gasteiger partial charge in [0.1, 0.15) is 5.75 Å². The van der Waals surface area contributed by atoms with E-state index in [9.17, 15) is 0 Å². The Morgan fingerprint density at radius 3 is 2.47 bits per heavy atom. The van der Waals surface area contributed by atoms with Crippen LogP contribution in [0.25, 0.3) is 0 Å². The quantitative estimate of drug-likeness (QED) is 0.522. The summed E-state index contributed by atoms with van der Waals surface area (Å²) in [5.41, 5.74) is 3.45. The van der Waals surface area contributed by atoms with Crippen molar-refractivity contribution in [1.29, 1.82) is 0 Å². The molecule has 100 valence electrons. The van der Waals surface area contributed by atoms with E-state index in [1.807, 2.05) is 18.2 Å². The van der Waals surface area contributed by atoms with E-state index in [0.29, 0.717) is 0 Å². The van der Waals surface area contributed by atoms with Crippen molar-refractivity contribution in [1.82, 2.24) is 0 Å². The van der Waals surface area contributed by atoms with Gasteiger partial charge in [-0.1, -0.05) is 59.9 Å². The van der Waals surface area contributed by atoms with Crippen molar-refractivity contribution < 1.29 is 4.74 Å². The SMILES string of the molecule is COc1cc(C)c(Br)cc1C(Br)c1cccc(Br)c1. The number of aryl methyl sites for hydroxylation is 1. The summed E-state index contributed by atoms with van der Waals surface area (Å²) in [5, 5.41) is 0. The average molecular weight is 449 g/mol. The first kappa shape index (κ1) is 15.1. The Labute approximate surface area is 138 Å². The van der Waals surface area contributed by atoms with Gasteiger partial charge in [0.25, 0.3) is 0 Å². The minimum Gasteiger partial charge on any atom is -0.496 e. The highest BCUT2D eigenvalue weighted by atomic mass is 79.9. The fourth-order valence-electron chi connectivity index (χ4n) is 1.89. The van der Waals surface area contributed by atoms with Crippen molar-refractivity contribution >= 4 is 47.8 Å². The third kappa shape index (κ3) is 3.41. The first-order valence-corrected chi connectivity index (χ1v) is 8.26. The van der Waals surface area contributed by atoms with Crippen molar-refractivity contribution in [3.8, 4) is 5.75 Å². The molecule has 0 saturated heterocycles. The molecule has 0 heterocycles. The van der Waals surface area contributed by atoms with E-state index in [-0.39, 0.29) is 4.83 Å². The normalized spacial score (nSPS) is 12.3. The van der Waals surface area contributed by atoms with Gasteiger partial charge in [-0.3, -0.25) is 0 Å². The lowest BCUT2D eigenvalue weighted by atomic mass is 10.0. The zero-order chi connectivity index (χ0) is 14.0. The highest BCUT2D eigenvalue weighted by Crippen LogP contribution is 2.39. The van der Waals surface area contributed by atoms with Gasteiger partial charge in [-0.05, 0) is 42.3 Å². The maximum absolute atomic E-state index is 5.49. The summed E-state index contributed by atoms with van der Waals surface area (Å²) < 4.78 is 7.65. The Bertz CT molecular complexity index is 596. The number of ether oxygens (including phenoxy) is 1. The standard InChI is InChI=1S/C15H13Br3O/c1-9-6-14(19-2)12(8-13(9)17)15(18)10-4-3-5-11(16)7-10/h3-8,15H,1-2H3. The van der Waals surface area contributed by atoms with Gasteiger partial charge in [0.15, 0.2) is 0 Å². The molecule has 0 bridgehead atoms. The van der Waals surface area contributed by atoms with Crippen LogP contribution in [-0.2, 0) is 0 Å². The van der Waals surface area contributed by atoms with Crippen LogP contribution < -0.4 is 4.74 Å². The van der Waals surface area contributed by atoms with Crippen LogP contribution in [0.2, 0.25) is 0 Å². The molecule has 2 rings (SSSR count). The zero-order valence-electron chi connectivity index (χ0n) is 10.6. The Morgan fingerprint density at radius 1 is 1.11 bits per heavy atom. The Morgan fingerprint density at radius 2 is 1.84 bits per heavy atom. The fraction of sp³-hybridized carbons (Fsp3) is 0.200. The summed E-state index contributed by atoms with van der Waals surface area (Å²) in [4.78, 5) is 0.0943. The molecule has 0 N–H and O–H groups in total. The van der Waals surface area contributed by atoms with Crippen molar-refractivity contribution in [2.75, 3.05) is 7.11 Å². The second kappa shape index (κ2) is 6.42. The summed E-state index contributed by atoms with van der Waals surface area (Å²) in [6, 6.07) is 12.4. The molecule has 2 aromatic rings. The summed E-state index contributed by atoms with van der Waals surface area (Å²) in [7, 11) is 1.70. The molecule has 0 amide bonds. The van der Waals surface area contributed by atoms with Crippen molar-refractivity contribution in [2.24, 2.45) is 0 Å².